The van der Waals surface area contributed by atoms with Crippen molar-refractivity contribution in [3.8, 4) is 0 Å². The van der Waals surface area contributed by atoms with Crippen LogP contribution in [0.2, 0.25) is 0 Å². The Balaban J connectivity index is 1.87. The Hall–Kier alpha value is -0.420. The van der Waals surface area contributed by atoms with Gasteiger partial charge in [0.2, 0.25) is 0 Å². The molecule has 1 aliphatic heterocycles. The minimum atomic E-state index is -0.417. The molecule has 2 rings (SSSR count). The van der Waals surface area contributed by atoms with E-state index in [9.17, 15) is 4.79 Å². The zero-order chi connectivity index (χ0) is 15.5. The fourth-order valence-corrected chi connectivity index (χ4v) is 4.10. The van der Waals surface area contributed by atoms with Gasteiger partial charge in [-0.2, -0.15) is 0 Å². The number of hydrogen-bond donors (Lipinski definition) is 0. The van der Waals surface area contributed by atoms with Crippen LogP contribution in [0.1, 0.15) is 46.5 Å². The molecule has 1 atom stereocenters. The van der Waals surface area contributed by atoms with E-state index < -0.39 is 5.60 Å². The highest BCUT2D eigenvalue weighted by atomic mass is 79.9. The number of amides is 1. The Morgan fingerprint density at radius 2 is 2.14 bits per heavy atom. The van der Waals surface area contributed by atoms with Crippen molar-refractivity contribution >= 4 is 33.8 Å². The van der Waals surface area contributed by atoms with E-state index in [-0.39, 0.29) is 6.09 Å². The quantitative estimate of drug-likeness (QED) is 0.675. The van der Waals surface area contributed by atoms with Crippen molar-refractivity contribution in [2.45, 2.75) is 57.3 Å². The normalized spacial score (nSPS) is 23.4. The lowest BCUT2D eigenvalue weighted by molar-refractivity contribution is 0.0220. The standard InChI is InChI=1S/C16H24BrNO2S/c1-16(2,3)20-15(19)18-10-4-5-14(11-18)21-13-8-6-12(17)7-9-13/h6,8,14H,4-5,7,9-11H2,1-3H3. The highest BCUT2D eigenvalue weighted by Crippen LogP contribution is 2.35. The molecule has 2 aliphatic rings. The molecular formula is C16H24BrNO2S. The third-order valence-electron chi connectivity index (χ3n) is 3.41. The van der Waals surface area contributed by atoms with Crippen molar-refractivity contribution in [3.63, 3.8) is 0 Å². The molecule has 0 aromatic carbocycles. The van der Waals surface area contributed by atoms with Crippen LogP contribution in [0.3, 0.4) is 0 Å². The van der Waals surface area contributed by atoms with E-state index in [0.29, 0.717) is 5.25 Å². The second-order valence-corrected chi connectivity index (χ2v) is 9.00. The summed E-state index contributed by atoms with van der Waals surface area (Å²) < 4.78 is 6.75. The number of carbonyl (C=O) groups is 1. The van der Waals surface area contributed by atoms with Crippen LogP contribution in [-0.4, -0.2) is 34.9 Å². The molecule has 118 valence electrons. The molecule has 0 radical (unpaired) electrons. The number of likely N-dealkylation sites (tertiary alicyclic amines) is 1. The van der Waals surface area contributed by atoms with E-state index >= 15 is 0 Å². The van der Waals surface area contributed by atoms with Crippen molar-refractivity contribution in [2.75, 3.05) is 13.1 Å². The number of ether oxygens (including phenoxy) is 1. The zero-order valence-corrected chi connectivity index (χ0v) is 15.4. The number of nitrogens with zero attached hydrogens (tertiary/aromatic N) is 1. The predicted molar refractivity (Wildman–Crippen MR) is 92.7 cm³/mol. The van der Waals surface area contributed by atoms with Crippen molar-refractivity contribution in [1.29, 1.82) is 0 Å². The summed E-state index contributed by atoms with van der Waals surface area (Å²) in [7, 11) is 0. The lowest BCUT2D eigenvalue weighted by atomic mass is 10.1. The summed E-state index contributed by atoms with van der Waals surface area (Å²) in [6.45, 7) is 7.35. The minimum absolute atomic E-state index is 0.173. The number of carbonyl (C=O) groups excluding carboxylic acids is 1. The van der Waals surface area contributed by atoms with Crippen molar-refractivity contribution in [1.82, 2.24) is 4.90 Å². The molecule has 0 bridgehead atoms. The van der Waals surface area contributed by atoms with Gasteiger partial charge in [-0.3, -0.25) is 0 Å². The molecular weight excluding hydrogens is 350 g/mol. The van der Waals surface area contributed by atoms with E-state index in [0.717, 1.165) is 32.4 Å². The van der Waals surface area contributed by atoms with Gasteiger partial charge in [0.25, 0.3) is 0 Å². The van der Waals surface area contributed by atoms with E-state index in [1.807, 2.05) is 37.4 Å². The Labute approximate surface area is 140 Å². The first-order valence-electron chi connectivity index (χ1n) is 7.53. The van der Waals surface area contributed by atoms with Gasteiger partial charge < -0.3 is 9.64 Å². The van der Waals surface area contributed by atoms with E-state index in [4.69, 9.17) is 4.74 Å². The molecule has 21 heavy (non-hydrogen) atoms. The zero-order valence-electron chi connectivity index (χ0n) is 13.0. The summed E-state index contributed by atoms with van der Waals surface area (Å²) in [5, 5.41) is 0.489. The molecule has 0 saturated carbocycles. The summed E-state index contributed by atoms with van der Waals surface area (Å²) in [5.74, 6) is 0. The topological polar surface area (TPSA) is 29.5 Å². The SMILES string of the molecule is CC(C)(C)OC(=O)N1CCCC(SC2=CC=C(Br)CC2)C1. The lowest BCUT2D eigenvalue weighted by Gasteiger charge is -2.34. The average Bonchev–Trinajstić information content (AvgIpc) is 2.40. The molecule has 0 aromatic heterocycles. The van der Waals surface area contributed by atoms with E-state index in [1.54, 1.807) is 0 Å². The summed E-state index contributed by atoms with van der Waals surface area (Å²) in [6, 6.07) is 0. The van der Waals surface area contributed by atoms with Gasteiger partial charge in [-0.05, 0) is 55.8 Å². The van der Waals surface area contributed by atoms with Gasteiger partial charge in [0.15, 0.2) is 0 Å². The number of thioether (sulfide) groups is 1. The molecule has 0 aromatic rings. The molecule has 1 amide bonds. The summed E-state index contributed by atoms with van der Waals surface area (Å²) >= 11 is 5.46. The highest BCUT2D eigenvalue weighted by molar-refractivity contribution is 9.11. The first kappa shape index (κ1) is 16.9. The molecule has 1 heterocycles. The molecule has 0 N–H and O–H groups in total. The average molecular weight is 374 g/mol. The van der Waals surface area contributed by atoms with Gasteiger partial charge in [-0.25, -0.2) is 4.79 Å². The van der Waals surface area contributed by atoms with Gasteiger partial charge in [-0.1, -0.05) is 28.1 Å². The smallest absolute Gasteiger partial charge is 0.410 e. The monoisotopic (exact) mass is 373 g/mol. The maximum absolute atomic E-state index is 12.2. The molecule has 1 saturated heterocycles. The third-order valence-corrected chi connectivity index (χ3v) is 5.43. The predicted octanol–water partition coefficient (Wildman–Crippen LogP) is 5.08. The van der Waals surface area contributed by atoms with Gasteiger partial charge in [0, 0.05) is 18.3 Å². The molecule has 3 nitrogen and oxygen atoms in total. The Morgan fingerprint density at radius 1 is 1.38 bits per heavy atom. The van der Waals surface area contributed by atoms with Crippen LogP contribution in [0.5, 0.6) is 0 Å². The highest BCUT2D eigenvalue weighted by Gasteiger charge is 2.28. The lowest BCUT2D eigenvalue weighted by Crippen LogP contribution is -2.43. The number of rotatable bonds is 2. The number of hydrogen-bond acceptors (Lipinski definition) is 3. The van der Waals surface area contributed by atoms with Gasteiger partial charge >= 0.3 is 6.09 Å². The number of allylic oxidation sites excluding steroid dienone is 4. The van der Waals surface area contributed by atoms with Gasteiger partial charge in [0.1, 0.15) is 5.60 Å². The molecule has 0 spiro atoms. The van der Waals surface area contributed by atoms with Crippen LogP contribution in [0.15, 0.2) is 21.5 Å². The third kappa shape index (κ3) is 5.70. The molecule has 5 heteroatoms. The van der Waals surface area contributed by atoms with E-state index in [1.165, 1.54) is 15.8 Å². The summed E-state index contributed by atoms with van der Waals surface area (Å²) in [4.78, 5) is 15.4. The van der Waals surface area contributed by atoms with Crippen molar-refractivity contribution in [3.05, 3.63) is 21.5 Å². The van der Waals surface area contributed by atoms with Crippen LogP contribution in [0.25, 0.3) is 0 Å². The Morgan fingerprint density at radius 3 is 2.76 bits per heavy atom. The minimum Gasteiger partial charge on any atom is -0.444 e. The van der Waals surface area contributed by atoms with Crippen LogP contribution >= 0.6 is 27.7 Å². The van der Waals surface area contributed by atoms with Crippen LogP contribution in [0, 0.1) is 0 Å². The van der Waals surface area contributed by atoms with Crippen molar-refractivity contribution < 1.29 is 9.53 Å². The van der Waals surface area contributed by atoms with Crippen LogP contribution in [-0.2, 0) is 4.74 Å². The van der Waals surface area contributed by atoms with E-state index in [2.05, 4.69) is 28.1 Å². The maximum Gasteiger partial charge on any atom is 0.410 e. The van der Waals surface area contributed by atoms with Crippen LogP contribution in [0.4, 0.5) is 4.79 Å². The second kappa shape index (κ2) is 7.23. The second-order valence-electron chi connectivity index (χ2n) is 6.55. The van der Waals surface area contributed by atoms with Crippen LogP contribution < -0.4 is 0 Å². The number of halogens is 1. The largest absolute Gasteiger partial charge is 0.444 e. The summed E-state index contributed by atoms with van der Waals surface area (Å²) in [6.07, 6.45) is 8.58. The fraction of sp³-hybridized carbons (Fsp3) is 0.688. The van der Waals surface area contributed by atoms with Gasteiger partial charge in [0.05, 0.1) is 0 Å². The van der Waals surface area contributed by atoms with Crippen molar-refractivity contribution in [2.24, 2.45) is 0 Å². The fourth-order valence-electron chi connectivity index (χ4n) is 2.43. The number of piperidine rings is 1. The first-order valence-corrected chi connectivity index (χ1v) is 9.20. The maximum atomic E-state index is 12.2. The Kier molecular flexibility index (Phi) is 5.83. The Bertz CT molecular complexity index is 454. The first-order chi connectivity index (χ1) is 9.83. The summed E-state index contributed by atoms with van der Waals surface area (Å²) in [5.41, 5.74) is -0.417. The van der Waals surface area contributed by atoms with Gasteiger partial charge in [-0.15, -0.1) is 11.8 Å². The molecule has 1 unspecified atom stereocenters. The molecule has 1 aliphatic carbocycles. The molecule has 1 fully saturated rings.